The number of ether oxygens (including phenoxy) is 2. The van der Waals surface area contributed by atoms with Crippen molar-refractivity contribution in [2.45, 2.75) is 89.4 Å². The molecule has 0 aromatic heterocycles. The molecule has 11 heteroatoms. The van der Waals surface area contributed by atoms with Crippen LogP contribution in [0.25, 0.3) is 0 Å². The van der Waals surface area contributed by atoms with Gasteiger partial charge in [0, 0.05) is 29.1 Å². The van der Waals surface area contributed by atoms with Crippen LogP contribution in [0.2, 0.25) is 0 Å². The maximum absolute atomic E-state index is 13.2. The molecule has 0 aromatic rings. The van der Waals surface area contributed by atoms with E-state index in [0.717, 1.165) is 5.57 Å². The van der Waals surface area contributed by atoms with E-state index < -0.39 is 33.9 Å². The van der Waals surface area contributed by atoms with E-state index in [1.165, 1.54) is 7.11 Å². The molecule has 0 bridgehead atoms. The zero-order valence-corrected chi connectivity index (χ0v) is 28.0. The number of epoxide rings is 1. The summed E-state index contributed by atoms with van der Waals surface area (Å²) in [6.45, 7) is 6.39. The average Bonchev–Trinajstić information content (AvgIpc) is 3.40. The summed E-state index contributed by atoms with van der Waals surface area (Å²) >= 11 is 0. The fourth-order valence-corrected chi connectivity index (χ4v) is 8.98. The number of carbonyl (C=O) groups is 3. The number of carboxylic acids is 1. The van der Waals surface area contributed by atoms with Crippen molar-refractivity contribution in [2.75, 3.05) is 7.11 Å². The van der Waals surface area contributed by atoms with E-state index in [4.69, 9.17) is 9.47 Å². The van der Waals surface area contributed by atoms with E-state index in [-0.39, 0.29) is 134 Å². The molecule has 1 unspecified atom stereocenters. The van der Waals surface area contributed by atoms with Crippen LogP contribution in [0.4, 0.5) is 0 Å². The molecule has 0 aromatic carbocycles. The summed E-state index contributed by atoms with van der Waals surface area (Å²) in [6.07, 6.45) is 5.21. The van der Waals surface area contributed by atoms with E-state index in [2.05, 4.69) is 20.8 Å². The van der Waals surface area contributed by atoms with Gasteiger partial charge in [-0.3, -0.25) is 14.4 Å². The van der Waals surface area contributed by atoms with Crippen molar-refractivity contribution in [1.82, 2.24) is 0 Å². The van der Waals surface area contributed by atoms with Gasteiger partial charge in [-0.15, -0.1) is 0 Å². The van der Waals surface area contributed by atoms with E-state index in [0.29, 0.717) is 38.5 Å². The first-order valence-electron chi connectivity index (χ1n) is 11.8. The van der Waals surface area contributed by atoms with Crippen molar-refractivity contribution in [3.05, 3.63) is 11.6 Å². The number of carbonyl (C=O) groups excluding carboxylic acids is 2. The van der Waals surface area contributed by atoms with Gasteiger partial charge in [-0.25, -0.2) is 0 Å². The molecular formula is C25H40KO7S3+. The molecule has 1 aliphatic heterocycles. The molecule has 5 rings (SSSR count). The maximum Gasteiger partial charge on any atom is 1.00 e. The largest absolute Gasteiger partial charge is 1.00 e. The maximum atomic E-state index is 13.2. The normalized spacial score (nSPS) is 45.3. The summed E-state index contributed by atoms with van der Waals surface area (Å²) in [5.74, 6) is -1.61. The zero-order chi connectivity index (χ0) is 23.3. The Hall–Kier alpha value is 0.956. The second-order valence-electron chi connectivity index (χ2n) is 11.5. The van der Waals surface area contributed by atoms with Gasteiger partial charge in [0.25, 0.3) is 0 Å². The summed E-state index contributed by atoms with van der Waals surface area (Å²) in [6, 6.07) is 0. The third-order valence-corrected chi connectivity index (χ3v) is 10.7. The molecule has 1 heterocycles. The Morgan fingerprint density at radius 1 is 1.17 bits per heavy atom. The fourth-order valence-electron chi connectivity index (χ4n) is 8.98. The Morgan fingerprint density at radius 2 is 1.81 bits per heavy atom. The first-order chi connectivity index (χ1) is 14.9. The summed E-state index contributed by atoms with van der Waals surface area (Å²) in [5.41, 5.74) is -2.18. The molecule has 0 radical (unpaired) electrons. The predicted octanol–water partition coefficient (Wildman–Crippen LogP) is 0.377. The van der Waals surface area contributed by atoms with Crippen LogP contribution < -0.4 is 51.4 Å². The Balaban J connectivity index is 0.00000162. The van der Waals surface area contributed by atoms with Gasteiger partial charge in [0.2, 0.25) is 0 Å². The second kappa shape index (κ2) is 11.1. The van der Waals surface area contributed by atoms with Crippen LogP contribution in [0.5, 0.6) is 0 Å². The van der Waals surface area contributed by atoms with Gasteiger partial charge in [0.15, 0.2) is 5.78 Å². The number of hydrogen-bond donors (Lipinski definition) is 2. The molecule has 4 fully saturated rings. The minimum absolute atomic E-state index is 0. The minimum Gasteiger partial charge on any atom is -0.481 e. The SMILES string of the molecule is COC(=O)[C@@H]1CC2=CC(=O)CC[C@]2(C)[C@@]23OC2C[C@@]2(C)[C@@H](CC[C@@]2(O)CCC(=O)O)[C@]13C.S.S.S.[K+]. The fraction of sp³-hybridized carbons (Fsp3) is 0.800. The van der Waals surface area contributed by atoms with E-state index in [1.807, 2.05) is 0 Å². The van der Waals surface area contributed by atoms with Crippen molar-refractivity contribution >= 4 is 58.2 Å². The molecule has 7 nitrogen and oxygen atoms in total. The molecule has 1 saturated heterocycles. The van der Waals surface area contributed by atoms with Crippen LogP contribution in [0.15, 0.2) is 11.6 Å². The standard InChI is InChI=1S/C25H34O7.K.3H2S/c1-21-8-5-15(26)11-14(21)12-16(20(29)31-4)23(3)17-6-9-24(30,10-7-19(27)28)22(17,2)13-18-25(21,23)32-18;;;;/h11,16-18,30H,5-10,12-13H2,1-4H3,(H,27,28);;3*1H2/q;+1;;;/t16-,17+,18?,21-,22-,23-,24+,25-;;;;/m0..../s1. The Labute approximate surface area is 277 Å². The monoisotopic (exact) mass is 587 g/mol. The van der Waals surface area contributed by atoms with Gasteiger partial charge in [-0.1, -0.05) is 26.3 Å². The Morgan fingerprint density at radius 3 is 2.39 bits per heavy atom. The van der Waals surface area contributed by atoms with Crippen molar-refractivity contribution in [2.24, 2.45) is 28.1 Å². The molecule has 0 amide bonds. The van der Waals surface area contributed by atoms with Crippen molar-refractivity contribution < 1.29 is 85.5 Å². The summed E-state index contributed by atoms with van der Waals surface area (Å²) in [4.78, 5) is 36.8. The molecule has 3 saturated carbocycles. The van der Waals surface area contributed by atoms with Gasteiger partial charge in [-0.05, 0) is 50.5 Å². The number of rotatable bonds is 4. The molecule has 1 spiro atoms. The second-order valence-corrected chi connectivity index (χ2v) is 11.5. The summed E-state index contributed by atoms with van der Waals surface area (Å²) < 4.78 is 11.9. The minimum atomic E-state index is -1.11. The molecule has 5 aliphatic rings. The van der Waals surface area contributed by atoms with Crippen molar-refractivity contribution in [1.29, 1.82) is 0 Å². The number of carboxylic acid groups (broad SMARTS) is 1. The molecule has 2 N–H and O–H groups in total. The zero-order valence-electron chi connectivity index (χ0n) is 21.9. The topological polar surface area (TPSA) is 113 Å². The third-order valence-electron chi connectivity index (χ3n) is 10.7. The van der Waals surface area contributed by atoms with E-state index in [1.54, 1.807) is 6.08 Å². The molecule has 4 aliphatic carbocycles. The number of aliphatic carboxylic acids is 1. The molecule has 36 heavy (non-hydrogen) atoms. The Kier molecular flexibility index (Phi) is 10.8. The third kappa shape index (κ3) is 4.20. The first kappa shape index (κ1) is 35.0. The average molecular weight is 588 g/mol. The van der Waals surface area contributed by atoms with Gasteiger partial charge in [-0.2, -0.15) is 40.5 Å². The van der Waals surface area contributed by atoms with Crippen LogP contribution in [0, 0.1) is 28.1 Å². The quantitative estimate of drug-likeness (QED) is 0.278. The smallest absolute Gasteiger partial charge is 0.481 e. The molecular weight excluding hydrogens is 548 g/mol. The van der Waals surface area contributed by atoms with Crippen LogP contribution in [-0.4, -0.2) is 52.4 Å². The van der Waals surface area contributed by atoms with Crippen LogP contribution in [0.3, 0.4) is 0 Å². The van der Waals surface area contributed by atoms with Crippen molar-refractivity contribution in [3.63, 3.8) is 0 Å². The van der Waals surface area contributed by atoms with E-state index >= 15 is 0 Å². The predicted molar refractivity (Wildman–Crippen MR) is 145 cm³/mol. The van der Waals surface area contributed by atoms with Gasteiger partial charge in [0.1, 0.15) is 5.60 Å². The van der Waals surface area contributed by atoms with Gasteiger partial charge < -0.3 is 19.7 Å². The first-order valence-corrected chi connectivity index (χ1v) is 11.8. The van der Waals surface area contributed by atoms with Crippen molar-refractivity contribution in [3.8, 4) is 0 Å². The number of fused-ring (bicyclic) bond motifs is 3. The number of esters is 1. The summed E-state index contributed by atoms with van der Waals surface area (Å²) in [7, 11) is 1.40. The summed E-state index contributed by atoms with van der Waals surface area (Å²) in [5, 5.41) is 21.0. The number of aliphatic hydroxyl groups is 1. The van der Waals surface area contributed by atoms with Gasteiger partial charge >= 0.3 is 63.3 Å². The molecule has 8 atom stereocenters. The van der Waals surface area contributed by atoms with Crippen LogP contribution >= 0.6 is 40.5 Å². The number of ketones is 1. The van der Waals surface area contributed by atoms with E-state index in [9.17, 15) is 24.6 Å². The van der Waals surface area contributed by atoms with Crippen LogP contribution in [0.1, 0.15) is 72.1 Å². The number of methoxy groups -OCH3 is 1. The van der Waals surface area contributed by atoms with Crippen LogP contribution in [-0.2, 0) is 23.9 Å². The van der Waals surface area contributed by atoms with Gasteiger partial charge in [0.05, 0.1) is 24.7 Å². The Bertz CT molecular complexity index is 962. The number of hydrogen-bond acceptors (Lipinski definition) is 6. The molecule has 200 valence electrons.